The molecule has 0 radical (unpaired) electrons. The van der Waals surface area contributed by atoms with Crippen LogP contribution in [0, 0.1) is 24.0 Å². The third-order valence-electron chi connectivity index (χ3n) is 10.1. The Kier molecular flexibility index (Phi) is 6.88. The van der Waals surface area contributed by atoms with E-state index in [1.165, 1.54) is 24.3 Å². The Bertz CT molecular complexity index is 1940. The smallest absolute Gasteiger partial charge is 0.319 e. The van der Waals surface area contributed by atoms with Gasteiger partial charge in [0.25, 0.3) is 0 Å². The minimum atomic E-state index is -1.13. The van der Waals surface area contributed by atoms with Crippen molar-refractivity contribution in [3.63, 3.8) is 0 Å². The van der Waals surface area contributed by atoms with Crippen LogP contribution in [0.4, 0.5) is 19.0 Å². The molecule has 6 heterocycles. The SMILES string of the molecule is C#Cc1c(F)ccc2cc(O)cc(-c3nc4c5c(nc(OC[C@]67C[C@@H](OC)CN6CC[C@H]7F)nc5c3F)N3CCCC[C@H]3CO4)c12. The zero-order valence-electron chi connectivity index (χ0n) is 25.2. The normalized spacial score (nSPS) is 25.6. The number of phenols is 1. The van der Waals surface area contributed by atoms with Crippen LogP contribution in [0.3, 0.4) is 0 Å². The van der Waals surface area contributed by atoms with E-state index in [0.29, 0.717) is 43.7 Å². The first kappa shape index (κ1) is 29.1. The number of piperidine rings is 1. The van der Waals surface area contributed by atoms with Gasteiger partial charge in [-0.05, 0) is 55.7 Å². The molecule has 2 aromatic heterocycles. The molecule has 8 rings (SSSR count). The number of hydrogen-bond donors (Lipinski definition) is 1. The number of ether oxygens (including phenoxy) is 3. The minimum Gasteiger partial charge on any atom is -0.508 e. The molecular weight excluding hydrogens is 599 g/mol. The first-order chi connectivity index (χ1) is 22.3. The summed E-state index contributed by atoms with van der Waals surface area (Å²) in [6.07, 6.45) is 8.05. The van der Waals surface area contributed by atoms with Crippen LogP contribution in [0.25, 0.3) is 32.9 Å². The van der Waals surface area contributed by atoms with Crippen molar-refractivity contribution in [2.45, 2.75) is 56.0 Å². The summed E-state index contributed by atoms with van der Waals surface area (Å²) in [6.45, 7) is 2.11. The lowest BCUT2D eigenvalue weighted by Crippen LogP contribution is -2.49. The van der Waals surface area contributed by atoms with Crippen LogP contribution >= 0.6 is 0 Å². The summed E-state index contributed by atoms with van der Waals surface area (Å²) in [4.78, 5) is 18.1. The van der Waals surface area contributed by atoms with Gasteiger partial charge in [0.2, 0.25) is 5.88 Å². The van der Waals surface area contributed by atoms with Crippen molar-refractivity contribution in [3.8, 4) is 41.2 Å². The number of nitrogens with zero attached hydrogens (tertiary/aromatic N) is 5. The molecule has 0 aliphatic carbocycles. The molecule has 0 amide bonds. The maximum absolute atomic E-state index is 16.9. The quantitative estimate of drug-likeness (QED) is 0.301. The van der Waals surface area contributed by atoms with Gasteiger partial charge in [0, 0.05) is 37.7 Å². The molecule has 3 fully saturated rings. The van der Waals surface area contributed by atoms with Crippen molar-refractivity contribution in [1.82, 2.24) is 19.9 Å². The van der Waals surface area contributed by atoms with Crippen LogP contribution in [0.1, 0.15) is 37.7 Å². The summed E-state index contributed by atoms with van der Waals surface area (Å²) in [7, 11) is 1.62. The van der Waals surface area contributed by atoms with Gasteiger partial charge >= 0.3 is 6.01 Å². The zero-order valence-corrected chi connectivity index (χ0v) is 25.2. The van der Waals surface area contributed by atoms with E-state index in [0.717, 1.165) is 19.3 Å². The molecule has 4 atom stereocenters. The van der Waals surface area contributed by atoms with Crippen LogP contribution in [0.15, 0.2) is 24.3 Å². The van der Waals surface area contributed by atoms with Gasteiger partial charge in [0.15, 0.2) is 5.82 Å². The molecule has 2 aromatic carbocycles. The molecule has 0 unspecified atom stereocenters. The van der Waals surface area contributed by atoms with E-state index in [9.17, 15) is 9.50 Å². The highest BCUT2D eigenvalue weighted by molar-refractivity contribution is 6.04. The number of methoxy groups -OCH3 is 1. The number of halogens is 3. The van der Waals surface area contributed by atoms with Crippen molar-refractivity contribution in [1.29, 1.82) is 0 Å². The predicted molar refractivity (Wildman–Crippen MR) is 165 cm³/mol. The van der Waals surface area contributed by atoms with Crippen LogP contribution in [-0.4, -0.2) is 88.8 Å². The third kappa shape index (κ3) is 4.36. The summed E-state index contributed by atoms with van der Waals surface area (Å²) in [5.41, 5.74) is -1.22. The second-order valence-corrected chi connectivity index (χ2v) is 12.6. The second kappa shape index (κ2) is 10.9. The molecule has 46 heavy (non-hydrogen) atoms. The number of hydrogen-bond acceptors (Lipinski definition) is 9. The Labute approximate surface area is 263 Å². The summed E-state index contributed by atoms with van der Waals surface area (Å²) in [5, 5.41) is 11.5. The summed E-state index contributed by atoms with van der Waals surface area (Å²) < 4.78 is 65.3. The number of phenolic OH excluding ortho intramolecular Hbond substituents is 1. The lowest BCUT2D eigenvalue weighted by molar-refractivity contribution is 0.0523. The first-order valence-electron chi connectivity index (χ1n) is 15.6. The average Bonchev–Trinajstić information content (AvgIpc) is 3.52. The number of aromatic nitrogens is 3. The number of terminal acetylenes is 1. The topological polar surface area (TPSA) is 93.1 Å². The van der Waals surface area contributed by atoms with E-state index in [-0.39, 0.29) is 76.1 Å². The Morgan fingerprint density at radius 3 is 2.83 bits per heavy atom. The van der Waals surface area contributed by atoms with Gasteiger partial charge in [-0.25, -0.2) is 18.2 Å². The fraction of sp³-hybridized carbons (Fsp3) is 0.441. The average molecular weight is 632 g/mol. The monoisotopic (exact) mass is 631 g/mol. The highest BCUT2D eigenvalue weighted by Crippen LogP contribution is 2.45. The van der Waals surface area contributed by atoms with E-state index in [4.69, 9.17) is 25.6 Å². The van der Waals surface area contributed by atoms with E-state index in [2.05, 4.69) is 25.7 Å². The molecular formula is C34H32F3N5O4. The molecule has 4 aromatic rings. The molecule has 4 aliphatic heterocycles. The standard InChI is InChI=1S/C34H32F3N5O4/c1-3-22-24(35)8-7-18-12-20(43)13-23(26(18)22)29-28(37)30-27-31(42-10-5-4-6-19(42)16-45-32(27)38-29)40-33(39-30)46-17-34-14-21(44-2)15-41(34)11-9-25(34)36/h1,7-8,12-13,19,21,25,43H,4-6,9-11,14-17H2,2H3/t19-,21+,25+,34-/m0/s1. The zero-order chi connectivity index (χ0) is 31.7. The van der Waals surface area contributed by atoms with E-state index >= 15 is 8.78 Å². The summed E-state index contributed by atoms with van der Waals surface area (Å²) >= 11 is 0. The number of aromatic hydroxyl groups is 1. The molecule has 0 bridgehead atoms. The summed E-state index contributed by atoms with van der Waals surface area (Å²) in [6, 6.07) is 5.25. The maximum atomic E-state index is 16.9. The highest BCUT2D eigenvalue weighted by Gasteiger charge is 2.56. The molecule has 0 saturated carbocycles. The van der Waals surface area contributed by atoms with Gasteiger partial charge in [-0.3, -0.25) is 4.90 Å². The van der Waals surface area contributed by atoms with Gasteiger partial charge < -0.3 is 24.2 Å². The van der Waals surface area contributed by atoms with Crippen LogP contribution in [0.5, 0.6) is 17.6 Å². The lowest BCUT2D eigenvalue weighted by Gasteiger charge is -2.35. The van der Waals surface area contributed by atoms with Crippen molar-refractivity contribution in [2.75, 3.05) is 44.9 Å². The van der Waals surface area contributed by atoms with E-state index in [1.807, 2.05) is 0 Å². The Hall–Kier alpha value is -4.34. The van der Waals surface area contributed by atoms with Crippen molar-refractivity contribution in [3.05, 3.63) is 41.5 Å². The van der Waals surface area contributed by atoms with Crippen LogP contribution in [0.2, 0.25) is 0 Å². The molecule has 4 aliphatic rings. The van der Waals surface area contributed by atoms with Gasteiger partial charge in [0.1, 0.15) is 53.4 Å². The van der Waals surface area contributed by atoms with Crippen LogP contribution in [-0.2, 0) is 4.74 Å². The molecule has 238 valence electrons. The van der Waals surface area contributed by atoms with Crippen LogP contribution < -0.4 is 14.4 Å². The molecule has 1 N–H and O–H groups in total. The number of fused-ring (bicyclic) bond motifs is 4. The molecule has 9 nitrogen and oxygen atoms in total. The van der Waals surface area contributed by atoms with Gasteiger partial charge in [-0.15, -0.1) is 6.42 Å². The number of anilines is 1. The second-order valence-electron chi connectivity index (χ2n) is 12.6. The van der Waals surface area contributed by atoms with Crippen molar-refractivity contribution in [2.24, 2.45) is 0 Å². The lowest BCUT2D eigenvalue weighted by atomic mass is 9.92. The van der Waals surface area contributed by atoms with Crippen molar-refractivity contribution >= 4 is 27.5 Å². The summed E-state index contributed by atoms with van der Waals surface area (Å²) in [5.74, 6) is 1.23. The predicted octanol–water partition coefficient (Wildman–Crippen LogP) is 5.14. The van der Waals surface area contributed by atoms with Gasteiger partial charge in [0.05, 0.1) is 23.2 Å². The number of alkyl halides is 1. The van der Waals surface area contributed by atoms with E-state index in [1.54, 1.807) is 7.11 Å². The Morgan fingerprint density at radius 2 is 2.00 bits per heavy atom. The van der Waals surface area contributed by atoms with Gasteiger partial charge in [-0.2, -0.15) is 9.97 Å². The maximum Gasteiger partial charge on any atom is 0.319 e. The van der Waals surface area contributed by atoms with E-state index < -0.39 is 23.3 Å². The fourth-order valence-corrected chi connectivity index (χ4v) is 7.82. The molecule has 3 saturated heterocycles. The highest BCUT2D eigenvalue weighted by atomic mass is 19.1. The number of benzene rings is 2. The fourth-order valence-electron chi connectivity index (χ4n) is 7.82. The largest absolute Gasteiger partial charge is 0.508 e. The minimum absolute atomic E-state index is 0.0344. The molecule has 0 spiro atoms. The number of rotatable bonds is 5. The van der Waals surface area contributed by atoms with Crippen molar-refractivity contribution < 1.29 is 32.5 Å². The first-order valence-corrected chi connectivity index (χ1v) is 15.6. The Balaban J connectivity index is 1.32. The number of pyridine rings is 1. The van der Waals surface area contributed by atoms with Gasteiger partial charge in [-0.1, -0.05) is 12.0 Å². The third-order valence-corrected chi connectivity index (χ3v) is 10.1. The molecule has 12 heteroatoms. The Morgan fingerprint density at radius 1 is 1.13 bits per heavy atom.